The summed E-state index contributed by atoms with van der Waals surface area (Å²) in [6.07, 6.45) is 3.62. The van der Waals surface area contributed by atoms with Crippen molar-refractivity contribution < 1.29 is 4.74 Å². The highest BCUT2D eigenvalue weighted by Gasteiger charge is 2.24. The van der Waals surface area contributed by atoms with E-state index in [1.54, 1.807) is 11.3 Å². The topological polar surface area (TPSA) is 48.9 Å². The molecule has 146 valence electrons. The number of nitrogens with one attached hydrogen (secondary N) is 2. The Bertz CT molecular complexity index is 534. The van der Waals surface area contributed by atoms with Gasteiger partial charge < -0.3 is 20.3 Å². The quantitative estimate of drug-likeness (QED) is 0.566. The number of aliphatic imine (C=N–C) groups is 1. The third-order valence-electron chi connectivity index (χ3n) is 5.45. The Morgan fingerprint density at radius 1 is 1.38 bits per heavy atom. The summed E-state index contributed by atoms with van der Waals surface area (Å²) in [5.41, 5.74) is 1.39. The fraction of sp³-hybridized carbons (Fsp3) is 0.750. The standard InChI is InChI=1S/C20H34N4OS/c1-3-21-20(22-12-16(2)18-7-11-26-15-18)23-19-4-8-24(9-5-19)13-17-6-10-25-14-17/h7,11,15-17,19H,3-6,8-10,12-14H2,1-2H3,(H2,21,22,23). The molecular weight excluding hydrogens is 344 g/mol. The van der Waals surface area contributed by atoms with Crippen molar-refractivity contribution in [2.75, 3.05) is 45.9 Å². The van der Waals surface area contributed by atoms with Crippen LogP contribution in [0.15, 0.2) is 21.8 Å². The largest absolute Gasteiger partial charge is 0.381 e. The van der Waals surface area contributed by atoms with Crippen LogP contribution in [-0.2, 0) is 4.74 Å². The number of rotatable bonds is 7. The smallest absolute Gasteiger partial charge is 0.191 e. The monoisotopic (exact) mass is 378 g/mol. The lowest BCUT2D eigenvalue weighted by Gasteiger charge is -2.34. The van der Waals surface area contributed by atoms with E-state index < -0.39 is 0 Å². The van der Waals surface area contributed by atoms with Crippen LogP contribution in [-0.4, -0.2) is 62.8 Å². The predicted octanol–water partition coefficient (Wildman–Crippen LogP) is 2.91. The third-order valence-corrected chi connectivity index (χ3v) is 6.15. The summed E-state index contributed by atoms with van der Waals surface area (Å²) in [5.74, 6) is 2.18. The highest BCUT2D eigenvalue weighted by Crippen LogP contribution is 2.19. The molecule has 0 aromatic carbocycles. The van der Waals surface area contributed by atoms with Crippen molar-refractivity contribution in [3.05, 3.63) is 22.4 Å². The number of thiophene rings is 1. The minimum atomic E-state index is 0.465. The zero-order valence-electron chi connectivity index (χ0n) is 16.2. The number of guanidine groups is 1. The average molecular weight is 379 g/mol. The van der Waals surface area contributed by atoms with E-state index in [0.29, 0.717) is 12.0 Å². The second-order valence-electron chi connectivity index (χ2n) is 7.63. The van der Waals surface area contributed by atoms with Crippen molar-refractivity contribution in [1.29, 1.82) is 0 Å². The van der Waals surface area contributed by atoms with Gasteiger partial charge in [0.05, 0.1) is 6.61 Å². The van der Waals surface area contributed by atoms with Crippen molar-refractivity contribution in [2.45, 2.75) is 45.1 Å². The van der Waals surface area contributed by atoms with Crippen molar-refractivity contribution in [3.8, 4) is 0 Å². The molecule has 1 aromatic heterocycles. The molecule has 2 unspecified atom stereocenters. The summed E-state index contributed by atoms with van der Waals surface area (Å²) in [6, 6.07) is 2.73. The Morgan fingerprint density at radius 2 is 2.23 bits per heavy atom. The molecule has 2 atom stereocenters. The maximum Gasteiger partial charge on any atom is 0.191 e. The first kappa shape index (κ1) is 19.6. The molecule has 6 heteroatoms. The molecular formula is C20H34N4OS. The Labute approximate surface area is 162 Å². The van der Waals surface area contributed by atoms with Crippen molar-refractivity contribution in [2.24, 2.45) is 10.9 Å². The fourth-order valence-corrected chi connectivity index (χ4v) is 4.54. The molecule has 5 nitrogen and oxygen atoms in total. The van der Waals surface area contributed by atoms with Crippen LogP contribution in [0, 0.1) is 5.92 Å². The molecule has 2 aliphatic rings. The van der Waals surface area contributed by atoms with E-state index in [4.69, 9.17) is 9.73 Å². The molecule has 0 radical (unpaired) electrons. The van der Waals surface area contributed by atoms with Crippen LogP contribution in [0.5, 0.6) is 0 Å². The number of hydrogen-bond donors (Lipinski definition) is 2. The molecule has 2 aliphatic heterocycles. The fourth-order valence-electron chi connectivity index (χ4n) is 3.75. The summed E-state index contributed by atoms with van der Waals surface area (Å²) in [7, 11) is 0. The van der Waals surface area contributed by atoms with Gasteiger partial charge in [-0.1, -0.05) is 6.92 Å². The van der Waals surface area contributed by atoms with Gasteiger partial charge in [0, 0.05) is 51.3 Å². The van der Waals surface area contributed by atoms with E-state index in [1.165, 1.54) is 44.5 Å². The number of likely N-dealkylation sites (tertiary alicyclic amines) is 1. The van der Waals surface area contributed by atoms with Gasteiger partial charge in [-0.05, 0) is 54.5 Å². The van der Waals surface area contributed by atoms with Crippen LogP contribution < -0.4 is 10.6 Å². The molecule has 0 saturated carbocycles. The van der Waals surface area contributed by atoms with Gasteiger partial charge in [-0.2, -0.15) is 11.3 Å². The molecule has 0 bridgehead atoms. The van der Waals surface area contributed by atoms with Gasteiger partial charge >= 0.3 is 0 Å². The molecule has 1 aromatic rings. The zero-order valence-corrected chi connectivity index (χ0v) is 17.1. The molecule has 3 heterocycles. The minimum Gasteiger partial charge on any atom is -0.381 e. The molecule has 0 aliphatic carbocycles. The SMILES string of the molecule is CCNC(=NCC(C)c1ccsc1)NC1CCN(CC2CCOC2)CC1. The van der Waals surface area contributed by atoms with Crippen LogP contribution in [0.4, 0.5) is 0 Å². The van der Waals surface area contributed by atoms with Gasteiger partial charge in [0.2, 0.25) is 0 Å². The second kappa shape index (κ2) is 10.3. The summed E-state index contributed by atoms with van der Waals surface area (Å²) in [4.78, 5) is 7.45. The minimum absolute atomic E-state index is 0.465. The van der Waals surface area contributed by atoms with E-state index >= 15 is 0 Å². The predicted molar refractivity (Wildman–Crippen MR) is 110 cm³/mol. The summed E-state index contributed by atoms with van der Waals surface area (Å²) in [5, 5.41) is 11.4. The number of piperidine rings is 1. The summed E-state index contributed by atoms with van der Waals surface area (Å²) in [6.45, 7) is 11.6. The molecule has 26 heavy (non-hydrogen) atoms. The lowest BCUT2D eigenvalue weighted by atomic mass is 10.0. The summed E-state index contributed by atoms with van der Waals surface area (Å²) >= 11 is 1.76. The summed E-state index contributed by atoms with van der Waals surface area (Å²) < 4.78 is 5.51. The van der Waals surface area contributed by atoms with E-state index in [1.807, 2.05) is 0 Å². The van der Waals surface area contributed by atoms with Gasteiger partial charge in [0.1, 0.15) is 0 Å². The van der Waals surface area contributed by atoms with E-state index in [0.717, 1.165) is 38.2 Å². The maximum absolute atomic E-state index is 5.51. The van der Waals surface area contributed by atoms with Crippen LogP contribution in [0.2, 0.25) is 0 Å². The van der Waals surface area contributed by atoms with E-state index in [-0.39, 0.29) is 0 Å². The molecule has 0 amide bonds. The number of hydrogen-bond acceptors (Lipinski definition) is 4. The first-order valence-electron chi connectivity index (χ1n) is 10.1. The third kappa shape index (κ3) is 5.96. The molecule has 2 N–H and O–H groups in total. The van der Waals surface area contributed by atoms with Gasteiger partial charge in [0.15, 0.2) is 5.96 Å². The van der Waals surface area contributed by atoms with Gasteiger partial charge in [-0.15, -0.1) is 0 Å². The Hall–Kier alpha value is -1.11. The molecule has 0 spiro atoms. The highest BCUT2D eigenvalue weighted by atomic mass is 32.1. The van der Waals surface area contributed by atoms with Crippen LogP contribution in [0.3, 0.4) is 0 Å². The van der Waals surface area contributed by atoms with Crippen molar-refractivity contribution in [3.63, 3.8) is 0 Å². The maximum atomic E-state index is 5.51. The van der Waals surface area contributed by atoms with Gasteiger partial charge in [-0.25, -0.2) is 0 Å². The van der Waals surface area contributed by atoms with E-state index in [9.17, 15) is 0 Å². The van der Waals surface area contributed by atoms with Crippen LogP contribution in [0.25, 0.3) is 0 Å². The second-order valence-corrected chi connectivity index (χ2v) is 8.41. The average Bonchev–Trinajstić information content (AvgIpc) is 3.35. The lowest BCUT2D eigenvalue weighted by molar-refractivity contribution is 0.150. The first-order valence-corrected chi connectivity index (χ1v) is 11.1. The van der Waals surface area contributed by atoms with Crippen molar-refractivity contribution >= 4 is 17.3 Å². The number of nitrogens with zero attached hydrogens (tertiary/aromatic N) is 2. The molecule has 3 rings (SSSR count). The van der Waals surface area contributed by atoms with Gasteiger partial charge in [-0.3, -0.25) is 4.99 Å². The normalized spacial score (nSPS) is 23.9. The molecule has 2 saturated heterocycles. The highest BCUT2D eigenvalue weighted by molar-refractivity contribution is 7.07. The Kier molecular flexibility index (Phi) is 7.77. The molecule has 2 fully saturated rings. The van der Waals surface area contributed by atoms with Gasteiger partial charge in [0.25, 0.3) is 0 Å². The Morgan fingerprint density at radius 3 is 2.88 bits per heavy atom. The van der Waals surface area contributed by atoms with Crippen LogP contribution >= 0.6 is 11.3 Å². The van der Waals surface area contributed by atoms with Crippen molar-refractivity contribution in [1.82, 2.24) is 15.5 Å². The Balaban J connectivity index is 1.43. The van der Waals surface area contributed by atoms with E-state index in [2.05, 4.69) is 46.2 Å². The zero-order chi connectivity index (χ0) is 18.2. The number of ether oxygens (including phenoxy) is 1. The lowest BCUT2D eigenvalue weighted by Crippen LogP contribution is -2.49. The van der Waals surface area contributed by atoms with Crippen LogP contribution in [0.1, 0.15) is 44.6 Å². The first-order chi connectivity index (χ1) is 12.7.